The quantitative estimate of drug-likeness (QED) is 0.602. The van der Waals surface area contributed by atoms with Crippen LogP contribution in [0.25, 0.3) is 0 Å². The van der Waals surface area contributed by atoms with E-state index in [9.17, 15) is 4.79 Å². The molecule has 62 valence electrons. The van der Waals surface area contributed by atoms with Crippen LogP contribution in [-0.4, -0.2) is 31.0 Å². The summed E-state index contributed by atoms with van der Waals surface area (Å²) in [5, 5.41) is 0. The molecule has 0 fully saturated rings. The molecule has 0 N–H and O–H groups in total. The standard InChI is InChI=1S/C8H13NO2/c1-3-4-9-6-7(11-2)5-8(9)10/h5H,3-4,6H2,1-2H3. The first kappa shape index (κ1) is 8.11. The number of carbonyl (C=O) groups is 1. The summed E-state index contributed by atoms with van der Waals surface area (Å²) < 4.78 is 4.96. The minimum absolute atomic E-state index is 0.0729. The van der Waals surface area contributed by atoms with Crippen LogP contribution in [0.3, 0.4) is 0 Å². The molecule has 0 unspecified atom stereocenters. The Bertz CT molecular complexity index is 187. The van der Waals surface area contributed by atoms with Crippen LogP contribution in [-0.2, 0) is 9.53 Å². The molecular weight excluding hydrogens is 142 g/mol. The fourth-order valence-electron chi connectivity index (χ4n) is 1.12. The highest BCUT2D eigenvalue weighted by atomic mass is 16.5. The fourth-order valence-corrected chi connectivity index (χ4v) is 1.12. The van der Waals surface area contributed by atoms with Crippen molar-refractivity contribution in [1.82, 2.24) is 4.90 Å². The zero-order chi connectivity index (χ0) is 8.27. The van der Waals surface area contributed by atoms with Crippen molar-refractivity contribution >= 4 is 5.91 Å². The summed E-state index contributed by atoms with van der Waals surface area (Å²) >= 11 is 0. The van der Waals surface area contributed by atoms with E-state index in [0.29, 0.717) is 6.54 Å². The lowest BCUT2D eigenvalue weighted by atomic mass is 10.4. The highest BCUT2D eigenvalue weighted by molar-refractivity contribution is 5.90. The maximum absolute atomic E-state index is 11.1. The molecule has 1 aliphatic rings. The Morgan fingerprint density at radius 1 is 1.73 bits per heavy atom. The lowest BCUT2D eigenvalue weighted by Gasteiger charge is -2.13. The van der Waals surface area contributed by atoms with E-state index in [1.165, 1.54) is 0 Å². The number of amides is 1. The zero-order valence-corrected chi connectivity index (χ0v) is 6.96. The lowest BCUT2D eigenvalue weighted by Crippen LogP contribution is -2.26. The second-order valence-corrected chi connectivity index (χ2v) is 2.57. The highest BCUT2D eigenvalue weighted by Crippen LogP contribution is 2.10. The molecule has 0 saturated heterocycles. The van der Waals surface area contributed by atoms with Gasteiger partial charge in [-0.1, -0.05) is 6.92 Å². The molecule has 0 radical (unpaired) electrons. The average Bonchev–Trinajstić information content (AvgIpc) is 2.33. The van der Waals surface area contributed by atoms with E-state index in [-0.39, 0.29) is 5.91 Å². The van der Waals surface area contributed by atoms with Crippen molar-refractivity contribution in [2.75, 3.05) is 20.2 Å². The van der Waals surface area contributed by atoms with Crippen LogP contribution in [0.1, 0.15) is 13.3 Å². The van der Waals surface area contributed by atoms with E-state index in [1.54, 1.807) is 18.1 Å². The molecule has 3 heteroatoms. The number of methoxy groups -OCH3 is 1. The van der Waals surface area contributed by atoms with Gasteiger partial charge in [-0.2, -0.15) is 0 Å². The fraction of sp³-hybridized carbons (Fsp3) is 0.625. The molecule has 0 aliphatic carbocycles. The topological polar surface area (TPSA) is 29.5 Å². The molecule has 0 aromatic heterocycles. The van der Waals surface area contributed by atoms with E-state index in [2.05, 4.69) is 6.92 Å². The first-order chi connectivity index (χ1) is 5.27. The maximum atomic E-state index is 11.1. The normalized spacial score (nSPS) is 17.1. The van der Waals surface area contributed by atoms with Crippen molar-refractivity contribution in [3.63, 3.8) is 0 Å². The SMILES string of the molecule is CCCN1CC(OC)=CC1=O. The van der Waals surface area contributed by atoms with Crippen LogP contribution in [0.15, 0.2) is 11.8 Å². The van der Waals surface area contributed by atoms with Crippen molar-refractivity contribution in [3.05, 3.63) is 11.8 Å². The molecule has 0 spiro atoms. The minimum atomic E-state index is 0.0729. The zero-order valence-electron chi connectivity index (χ0n) is 6.96. The molecule has 0 atom stereocenters. The summed E-state index contributed by atoms with van der Waals surface area (Å²) in [6.45, 7) is 3.52. The largest absolute Gasteiger partial charge is 0.499 e. The van der Waals surface area contributed by atoms with Crippen molar-refractivity contribution < 1.29 is 9.53 Å². The maximum Gasteiger partial charge on any atom is 0.250 e. The van der Waals surface area contributed by atoms with Crippen LogP contribution >= 0.6 is 0 Å². The lowest BCUT2D eigenvalue weighted by molar-refractivity contribution is -0.124. The van der Waals surface area contributed by atoms with Gasteiger partial charge in [-0.05, 0) is 6.42 Å². The molecule has 0 saturated carbocycles. The summed E-state index contributed by atoms with van der Waals surface area (Å²) in [6, 6.07) is 0. The second kappa shape index (κ2) is 3.42. The summed E-state index contributed by atoms with van der Waals surface area (Å²) in [4.78, 5) is 12.9. The Morgan fingerprint density at radius 2 is 2.45 bits per heavy atom. The molecule has 3 nitrogen and oxygen atoms in total. The minimum Gasteiger partial charge on any atom is -0.499 e. The third-order valence-electron chi connectivity index (χ3n) is 1.70. The number of hydrogen-bond donors (Lipinski definition) is 0. The first-order valence-corrected chi connectivity index (χ1v) is 3.81. The number of ether oxygens (including phenoxy) is 1. The van der Waals surface area contributed by atoms with Gasteiger partial charge in [0.1, 0.15) is 5.76 Å². The van der Waals surface area contributed by atoms with E-state index < -0.39 is 0 Å². The molecule has 0 aromatic carbocycles. The van der Waals surface area contributed by atoms with E-state index in [0.717, 1.165) is 18.7 Å². The molecule has 1 amide bonds. The third-order valence-corrected chi connectivity index (χ3v) is 1.70. The molecular formula is C8H13NO2. The smallest absolute Gasteiger partial charge is 0.250 e. The van der Waals surface area contributed by atoms with Crippen LogP contribution in [0.4, 0.5) is 0 Å². The van der Waals surface area contributed by atoms with Gasteiger partial charge < -0.3 is 9.64 Å². The molecule has 0 bridgehead atoms. The Kier molecular flexibility index (Phi) is 2.52. The van der Waals surface area contributed by atoms with Gasteiger partial charge in [0.2, 0.25) is 5.91 Å². The first-order valence-electron chi connectivity index (χ1n) is 3.81. The number of carbonyl (C=O) groups excluding carboxylic acids is 1. The Morgan fingerprint density at radius 3 is 2.91 bits per heavy atom. The summed E-state index contributed by atoms with van der Waals surface area (Å²) in [7, 11) is 1.59. The number of rotatable bonds is 3. The van der Waals surface area contributed by atoms with Crippen molar-refractivity contribution in [2.45, 2.75) is 13.3 Å². The molecule has 1 aliphatic heterocycles. The van der Waals surface area contributed by atoms with Gasteiger partial charge in [-0.15, -0.1) is 0 Å². The predicted octanol–water partition coefficient (Wildman–Crippen LogP) is 0.769. The average molecular weight is 155 g/mol. The summed E-state index contributed by atoms with van der Waals surface area (Å²) in [5.74, 6) is 0.840. The van der Waals surface area contributed by atoms with Gasteiger partial charge in [-0.3, -0.25) is 4.79 Å². The molecule has 11 heavy (non-hydrogen) atoms. The van der Waals surface area contributed by atoms with E-state index >= 15 is 0 Å². The molecule has 1 rings (SSSR count). The highest BCUT2D eigenvalue weighted by Gasteiger charge is 2.20. The Hall–Kier alpha value is -0.990. The molecule has 0 aromatic rings. The van der Waals surface area contributed by atoms with E-state index in [1.807, 2.05) is 0 Å². The van der Waals surface area contributed by atoms with Crippen LogP contribution in [0.5, 0.6) is 0 Å². The number of nitrogens with zero attached hydrogens (tertiary/aromatic N) is 1. The van der Waals surface area contributed by atoms with Gasteiger partial charge in [-0.25, -0.2) is 0 Å². The van der Waals surface area contributed by atoms with Gasteiger partial charge in [0.15, 0.2) is 0 Å². The Balaban J connectivity index is 2.48. The van der Waals surface area contributed by atoms with Crippen LogP contribution in [0.2, 0.25) is 0 Å². The van der Waals surface area contributed by atoms with Gasteiger partial charge in [0.25, 0.3) is 0 Å². The second-order valence-electron chi connectivity index (χ2n) is 2.57. The Labute approximate surface area is 66.6 Å². The van der Waals surface area contributed by atoms with Gasteiger partial charge in [0.05, 0.1) is 13.7 Å². The van der Waals surface area contributed by atoms with Crippen molar-refractivity contribution in [1.29, 1.82) is 0 Å². The van der Waals surface area contributed by atoms with Crippen LogP contribution < -0.4 is 0 Å². The van der Waals surface area contributed by atoms with Crippen molar-refractivity contribution in [2.24, 2.45) is 0 Å². The third kappa shape index (κ3) is 1.73. The summed E-state index contributed by atoms with van der Waals surface area (Å²) in [5.41, 5.74) is 0. The summed E-state index contributed by atoms with van der Waals surface area (Å²) in [6.07, 6.45) is 2.55. The monoisotopic (exact) mass is 155 g/mol. The van der Waals surface area contributed by atoms with Gasteiger partial charge >= 0.3 is 0 Å². The van der Waals surface area contributed by atoms with Crippen LogP contribution in [0, 0.1) is 0 Å². The molecule has 1 heterocycles. The predicted molar refractivity (Wildman–Crippen MR) is 42.0 cm³/mol. The number of hydrogen-bond acceptors (Lipinski definition) is 2. The van der Waals surface area contributed by atoms with Crippen molar-refractivity contribution in [3.8, 4) is 0 Å². The van der Waals surface area contributed by atoms with Gasteiger partial charge in [0, 0.05) is 12.6 Å². The van der Waals surface area contributed by atoms with E-state index in [4.69, 9.17) is 4.74 Å².